The van der Waals surface area contributed by atoms with Crippen LogP contribution in [0, 0.1) is 3.70 Å². The average molecular weight is 231 g/mol. The van der Waals surface area contributed by atoms with Gasteiger partial charge in [-0.2, -0.15) is 0 Å². The second-order valence-electron chi connectivity index (χ2n) is 1.84. The van der Waals surface area contributed by atoms with Crippen LogP contribution in [0.2, 0.25) is 0 Å². The van der Waals surface area contributed by atoms with Crippen LogP contribution < -0.4 is 0 Å². The zero-order valence-corrected chi connectivity index (χ0v) is 7.42. The van der Waals surface area contributed by atoms with E-state index in [4.69, 9.17) is 0 Å². The Labute approximate surface area is 69.4 Å². The van der Waals surface area contributed by atoms with Crippen molar-refractivity contribution in [1.29, 1.82) is 0 Å². The lowest BCUT2D eigenvalue weighted by molar-refractivity contribution is 1.21. The molecule has 0 amide bonds. The van der Waals surface area contributed by atoms with E-state index in [2.05, 4.69) is 41.5 Å². The van der Waals surface area contributed by atoms with Crippen LogP contribution in [0.4, 0.5) is 0 Å². The summed E-state index contributed by atoms with van der Waals surface area (Å²) in [5.41, 5.74) is 1.30. The molecule has 0 aliphatic heterocycles. The number of hydrogen-bond donors (Lipinski definition) is 0. The zero-order chi connectivity index (χ0) is 6.69. The molecule has 1 nitrogen and oxygen atoms in total. The van der Waals surface area contributed by atoms with Crippen LogP contribution in [0.3, 0.4) is 0 Å². The van der Waals surface area contributed by atoms with Crippen LogP contribution in [0.5, 0.6) is 0 Å². The summed E-state index contributed by atoms with van der Waals surface area (Å²) >= 11 is 2.20. The molecule has 1 heterocycles. The van der Waals surface area contributed by atoms with Gasteiger partial charge in [-0.25, -0.2) is 0 Å². The van der Waals surface area contributed by atoms with Crippen LogP contribution in [-0.2, 0) is 6.32 Å². The molecule has 0 aliphatic rings. The summed E-state index contributed by atoms with van der Waals surface area (Å²) in [7, 11) is 2.13. The van der Waals surface area contributed by atoms with Crippen LogP contribution in [0.1, 0.15) is 5.56 Å². The molecule has 0 aliphatic carbocycles. The van der Waals surface area contributed by atoms with E-state index in [0.717, 1.165) is 10.0 Å². The van der Waals surface area contributed by atoms with E-state index >= 15 is 0 Å². The number of pyridine rings is 1. The summed E-state index contributed by atoms with van der Waals surface area (Å²) in [5.74, 6) is 0. The van der Waals surface area contributed by atoms with Crippen molar-refractivity contribution in [3.63, 3.8) is 0 Å². The van der Waals surface area contributed by atoms with Gasteiger partial charge in [0.25, 0.3) is 0 Å². The molecule has 0 spiro atoms. The Hall–Kier alpha value is -0.0551. The first-order chi connectivity index (χ1) is 4.33. The van der Waals surface area contributed by atoms with E-state index in [9.17, 15) is 0 Å². The van der Waals surface area contributed by atoms with Crippen molar-refractivity contribution < 1.29 is 0 Å². The minimum atomic E-state index is 1.06. The highest BCUT2D eigenvalue weighted by Gasteiger charge is 1.87. The van der Waals surface area contributed by atoms with Crippen molar-refractivity contribution in [2.45, 2.75) is 6.32 Å². The van der Waals surface area contributed by atoms with Gasteiger partial charge in [0, 0.05) is 6.20 Å². The number of rotatable bonds is 1. The van der Waals surface area contributed by atoms with E-state index in [-0.39, 0.29) is 0 Å². The lowest BCUT2D eigenvalue weighted by atomic mass is 9.99. The minimum Gasteiger partial charge on any atom is -0.250 e. The molecule has 0 fully saturated rings. The predicted molar refractivity (Wildman–Crippen MR) is 49.2 cm³/mol. The maximum absolute atomic E-state index is 4.14. The maximum Gasteiger partial charge on any atom is 0.107 e. The molecule has 0 saturated carbocycles. The topological polar surface area (TPSA) is 12.9 Å². The van der Waals surface area contributed by atoms with Gasteiger partial charge < -0.3 is 0 Å². The van der Waals surface area contributed by atoms with E-state index in [1.807, 2.05) is 12.3 Å². The second-order valence-corrected chi connectivity index (χ2v) is 2.95. The van der Waals surface area contributed by atoms with Crippen molar-refractivity contribution in [2.24, 2.45) is 0 Å². The molecule has 0 saturated heterocycles. The highest BCUT2D eigenvalue weighted by molar-refractivity contribution is 14.1. The normalized spacial score (nSPS) is 9.44. The quantitative estimate of drug-likeness (QED) is 0.396. The third-order valence-electron chi connectivity index (χ3n) is 1.20. The monoisotopic (exact) mass is 231 g/mol. The van der Waals surface area contributed by atoms with Gasteiger partial charge >= 0.3 is 0 Å². The van der Waals surface area contributed by atoms with Gasteiger partial charge in [-0.1, -0.05) is 12.4 Å². The standard InChI is InChI=1S/C6H7BIN/c7-3-5-1-2-6(8)9-4-5/h1-2,4H,3,7H2. The third-order valence-corrected chi connectivity index (χ3v) is 1.84. The summed E-state index contributed by atoms with van der Waals surface area (Å²) < 4.78 is 1.06. The van der Waals surface area contributed by atoms with Crippen LogP contribution in [-0.4, -0.2) is 12.8 Å². The largest absolute Gasteiger partial charge is 0.250 e. The zero-order valence-electron chi connectivity index (χ0n) is 5.26. The Kier molecular flexibility index (Phi) is 2.51. The van der Waals surface area contributed by atoms with Gasteiger partial charge in [-0.3, -0.25) is 4.98 Å². The van der Waals surface area contributed by atoms with Gasteiger partial charge in [-0.15, -0.1) is 0 Å². The number of aromatic nitrogens is 1. The molecule has 0 aromatic carbocycles. The van der Waals surface area contributed by atoms with Crippen molar-refractivity contribution in [1.82, 2.24) is 4.98 Å². The molecular weight excluding hydrogens is 224 g/mol. The molecule has 3 heteroatoms. The Morgan fingerprint density at radius 3 is 2.78 bits per heavy atom. The average Bonchev–Trinajstić information content (AvgIpc) is 1.90. The van der Waals surface area contributed by atoms with Crippen molar-refractivity contribution >= 4 is 30.4 Å². The number of halogens is 1. The van der Waals surface area contributed by atoms with Crippen molar-refractivity contribution in [3.05, 3.63) is 27.6 Å². The van der Waals surface area contributed by atoms with E-state index < -0.39 is 0 Å². The molecule has 9 heavy (non-hydrogen) atoms. The molecule has 0 unspecified atom stereocenters. The minimum absolute atomic E-state index is 1.06. The van der Waals surface area contributed by atoms with Crippen molar-refractivity contribution in [3.8, 4) is 0 Å². The summed E-state index contributed by atoms with van der Waals surface area (Å²) in [6, 6.07) is 4.13. The first-order valence-electron chi connectivity index (χ1n) is 2.93. The summed E-state index contributed by atoms with van der Waals surface area (Å²) in [4.78, 5) is 4.14. The van der Waals surface area contributed by atoms with E-state index in [1.54, 1.807) is 0 Å². The van der Waals surface area contributed by atoms with Gasteiger partial charge in [0.2, 0.25) is 0 Å². The van der Waals surface area contributed by atoms with Crippen LogP contribution in [0.15, 0.2) is 18.3 Å². The van der Waals surface area contributed by atoms with Crippen molar-refractivity contribution in [2.75, 3.05) is 0 Å². The summed E-state index contributed by atoms with van der Waals surface area (Å²) in [6.45, 7) is 0. The molecule has 1 rings (SSSR count). The van der Waals surface area contributed by atoms with Gasteiger partial charge in [0.05, 0.1) is 0 Å². The predicted octanol–water partition coefficient (Wildman–Crippen LogP) is 0.819. The lowest BCUT2D eigenvalue weighted by Gasteiger charge is -1.92. The van der Waals surface area contributed by atoms with E-state index in [1.165, 1.54) is 5.56 Å². The fraction of sp³-hybridized carbons (Fsp3) is 0.167. The van der Waals surface area contributed by atoms with Crippen LogP contribution in [0.25, 0.3) is 0 Å². The Balaban J connectivity index is 2.88. The van der Waals surface area contributed by atoms with Gasteiger partial charge in [0.1, 0.15) is 11.5 Å². The Bertz CT molecular complexity index is 185. The number of nitrogens with zero attached hydrogens (tertiary/aromatic N) is 1. The van der Waals surface area contributed by atoms with Gasteiger partial charge in [-0.05, 0) is 34.2 Å². The molecule has 1 aromatic rings. The fourth-order valence-corrected chi connectivity index (χ4v) is 0.935. The molecule has 1 aromatic heterocycles. The highest BCUT2D eigenvalue weighted by atomic mass is 127. The smallest absolute Gasteiger partial charge is 0.107 e. The molecule has 0 N–H and O–H groups in total. The van der Waals surface area contributed by atoms with Crippen LogP contribution >= 0.6 is 22.6 Å². The molecule has 0 bridgehead atoms. The second kappa shape index (κ2) is 3.20. The Morgan fingerprint density at radius 2 is 2.33 bits per heavy atom. The summed E-state index contributed by atoms with van der Waals surface area (Å²) in [6.07, 6.45) is 2.99. The lowest BCUT2D eigenvalue weighted by Crippen LogP contribution is -1.85. The maximum atomic E-state index is 4.14. The summed E-state index contributed by atoms with van der Waals surface area (Å²) in [5, 5.41) is 0. The molecule has 0 atom stereocenters. The molecular formula is C6H7BIN. The first-order valence-corrected chi connectivity index (χ1v) is 4.01. The number of hydrogen-bond acceptors (Lipinski definition) is 1. The van der Waals surface area contributed by atoms with Gasteiger partial charge in [0.15, 0.2) is 0 Å². The highest BCUT2D eigenvalue weighted by Crippen LogP contribution is 2.01. The third kappa shape index (κ3) is 1.97. The Morgan fingerprint density at radius 1 is 1.56 bits per heavy atom. The SMILES string of the molecule is BCc1ccc(I)nc1. The molecule has 0 radical (unpaired) electrons. The first kappa shape index (κ1) is 7.06. The van der Waals surface area contributed by atoms with E-state index in [0.29, 0.717) is 0 Å². The molecule has 46 valence electrons. The fourth-order valence-electron chi connectivity index (χ4n) is 0.616.